The Morgan fingerprint density at radius 2 is 1.90 bits per heavy atom. The summed E-state index contributed by atoms with van der Waals surface area (Å²) in [6.07, 6.45) is 1.36. The molecule has 9 nitrogen and oxygen atoms in total. The Bertz CT molecular complexity index is 1040. The van der Waals surface area contributed by atoms with Gasteiger partial charge in [-0.25, -0.2) is 14.5 Å². The van der Waals surface area contributed by atoms with Crippen LogP contribution in [0.25, 0.3) is 17.4 Å². The monoisotopic (exact) mass is 398 g/mol. The van der Waals surface area contributed by atoms with Crippen LogP contribution in [0.3, 0.4) is 0 Å². The number of carbonyl (C=O) groups is 4. The molecule has 3 rings (SSSR count). The molecule has 1 fully saturated rings. The van der Waals surface area contributed by atoms with Gasteiger partial charge in [0, 0.05) is 11.6 Å². The van der Waals surface area contributed by atoms with Crippen LogP contribution in [0.2, 0.25) is 0 Å². The van der Waals surface area contributed by atoms with Gasteiger partial charge >= 0.3 is 18.0 Å². The molecule has 0 atom stereocenters. The fourth-order valence-corrected chi connectivity index (χ4v) is 2.86. The molecule has 0 radical (unpaired) electrons. The normalized spacial score (nSPS) is 14.9. The zero-order valence-corrected chi connectivity index (χ0v) is 16.0. The minimum atomic E-state index is -0.722. The molecule has 0 saturated carbocycles. The second kappa shape index (κ2) is 8.01. The van der Waals surface area contributed by atoms with Gasteiger partial charge in [0.2, 0.25) is 0 Å². The number of esters is 2. The number of ether oxygens (including phenoxy) is 2. The molecule has 29 heavy (non-hydrogen) atoms. The Morgan fingerprint density at radius 1 is 1.14 bits per heavy atom. The highest BCUT2D eigenvalue weighted by Gasteiger charge is 2.35. The smallest absolute Gasteiger partial charge is 0.338 e. The van der Waals surface area contributed by atoms with Crippen LogP contribution in [-0.4, -0.2) is 49.5 Å². The van der Waals surface area contributed by atoms with Crippen molar-refractivity contribution in [3.63, 3.8) is 0 Å². The van der Waals surface area contributed by atoms with Gasteiger partial charge in [-0.15, -0.1) is 0 Å². The molecular weight excluding hydrogens is 380 g/mol. The topological polar surface area (TPSA) is 115 Å². The summed E-state index contributed by atoms with van der Waals surface area (Å²) in [4.78, 5) is 48.2. The number of hydrogen-bond acceptors (Lipinski definition) is 7. The molecule has 3 amide bonds. The summed E-state index contributed by atoms with van der Waals surface area (Å²) in [5.41, 5.74) is 1.76. The number of amides is 3. The molecule has 1 aromatic heterocycles. The number of nitrogens with one attached hydrogen (secondary N) is 1. The highest BCUT2D eigenvalue weighted by atomic mass is 16.5. The molecule has 9 heteroatoms. The van der Waals surface area contributed by atoms with E-state index in [9.17, 15) is 19.2 Å². The van der Waals surface area contributed by atoms with E-state index in [4.69, 9.17) is 9.15 Å². The third-order valence-corrected chi connectivity index (χ3v) is 4.40. The predicted molar refractivity (Wildman–Crippen MR) is 100 cm³/mol. The van der Waals surface area contributed by atoms with Crippen LogP contribution in [0, 0.1) is 6.92 Å². The second-order valence-corrected chi connectivity index (χ2v) is 6.13. The van der Waals surface area contributed by atoms with Crippen LogP contribution in [0.1, 0.15) is 21.7 Å². The van der Waals surface area contributed by atoms with Crippen LogP contribution < -0.4 is 5.32 Å². The van der Waals surface area contributed by atoms with Crippen LogP contribution >= 0.6 is 0 Å². The average molecular weight is 398 g/mol. The standard InChI is InChI=1S/C20H18N2O7/c1-11-13(5-4-6-14(11)19(25)28-3)16-8-7-12(29-16)9-15-18(24)22(20(26)21-15)10-17(23)27-2/h4-9H,10H2,1-3H3,(H,21,26). The molecule has 1 saturated heterocycles. The van der Waals surface area contributed by atoms with Crippen molar-refractivity contribution in [3.8, 4) is 11.3 Å². The molecule has 2 heterocycles. The molecule has 1 aliphatic rings. The maximum atomic E-state index is 12.3. The van der Waals surface area contributed by atoms with Gasteiger partial charge in [-0.1, -0.05) is 12.1 Å². The summed E-state index contributed by atoms with van der Waals surface area (Å²) in [5, 5.41) is 2.39. The Hall–Kier alpha value is -3.88. The van der Waals surface area contributed by atoms with E-state index < -0.39 is 30.4 Å². The van der Waals surface area contributed by atoms with E-state index >= 15 is 0 Å². The van der Waals surface area contributed by atoms with Gasteiger partial charge in [-0.3, -0.25) is 9.59 Å². The van der Waals surface area contributed by atoms with Crippen molar-refractivity contribution >= 4 is 30.0 Å². The average Bonchev–Trinajstić information content (AvgIpc) is 3.27. The van der Waals surface area contributed by atoms with E-state index in [0.717, 1.165) is 4.90 Å². The van der Waals surface area contributed by atoms with Crippen molar-refractivity contribution in [2.75, 3.05) is 20.8 Å². The number of furan rings is 1. The third-order valence-electron chi connectivity index (χ3n) is 4.40. The first-order valence-electron chi connectivity index (χ1n) is 8.55. The summed E-state index contributed by atoms with van der Waals surface area (Å²) in [6.45, 7) is 1.29. The Labute approximate surface area is 165 Å². The minimum absolute atomic E-state index is 0.0279. The number of urea groups is 1. The minimum Gasteiger partial charge on any atom is -0.468 e. The van der Waals surface area contributed by atoms with Gasteiger partial charge < -0.3 is 19.2 Å². The van der Waals surface area contributed by atoms with E-state index in [1.807, 2.05) is 0 Å². The van der Waals surface area contributed by atoms with Gasteiger partial charge in [0.25, 0.3) is 5.91 Å². The number of hydrogen-bond donors (Lipinski definition) is 1. The van der Waals surface area contributed by atoms with Gasteiger partial charge in [0.1, 0.15) is 23.8 Å². The zero-order valence-electron chi connectivity index (χ0n) is 16.0. The van der Waals surface area contributed by atoms with Gasteiger partial charge in [-0.05, 0) is 30.7 Å². The fraction of sp³-hybridized carbons (Fsp3) is 0.200. The zero-order chi connectivity index (χ0) is 21.1. The first kappa shape index (κ1) is 19.9. The summed E-state index contributed by atoms with van der Waals surface area (Å²) in [5.74, 6) is -1.05. The lowest BCUT2D eigenvalue weighted by molar-refractivity contribution is -0.143. The number of imide groups is 1. The molecule has 0 spiro atoms. The van der Waals surface area contributed by atoms with Crippen molar-refractivity contribution < 1.29 is 33.1 Å². The fourth-order valence-electron chi connectivity index (χ4n) is 2.86. The summed E-state index contributed by atoms with van der Waals surface area (Å²) in [7, 11) is 2.47. The number of benzene rings is 1. The van der Waals surface area contributed by atoms with Crippen molar-refractivity contribution in [2.24, 2.45) is 0 Å². The SMILES string of the molecule is COC(=O)CN1C(=O)NC(=Cc2ccc(-c3cccc(C(=O)OC)c3C)o2)C1=O. The molecule has 0 aliphatic carbocycles. The lowest BCUT2D eigenvalue weighted by Crippen LogP contribution is -2.36. The number of rotatable bonds is 5. The molecule has 1 aromatic carbocycles. The largest absolute Gasteiger partial charge is 0.468 e. The maximum Gasteiger partial charge on any atom is 0.338 e. The van der Waals surface area contributed by atoms with E-state index in [2.05, 4.69) is 10.1 Å². The predicted octanol–water partition coefficient (Wildman–Crippen LogP) is 2.11. The Morgan fingerprint density at radius 3 is 2.59 bits per heavy atom. The highest BCUT2D eigenvalue weighted by molar-refractivity contribution is 6.15. The number of methoxy groups -OCH3 is 2. The molecule has 2 aromatic rings. The van der Waals surface area contributed by atoms with Gasteiger partial charge in [0.05, 0.1) is 19.8 Å². The molecule has 0 unspecified atom stereocenters. The number of carbonyl (C=O) groups excluding carboxylic acids is 4. The Balaban J connectivity index is 1.86. The number of nitrogens with zero attached hydrogens (tertiary/aromatic N) is 1. The maximum absolute atomic E-state index is 12.3. The van der Waals surface area contributed by atoms with E-state index in [1.54, 1.807) is 37.3 Å². The molecule has 150 valence electrons. The van der Waals surface area contributed by atoms with E-state index in [0.29, 0.717) is 28.2 Å². The molecule has 1 N–H and O–H groups in total. The van der Waals surface area contributed by atoms with Crippen molar-refractivity contribution in [2.45, 2.75) is 6.92 Å². The lowest BCUT2D eigenvalue weighted by Gasteiger charge is -2.08. The van der Waals surface area contributed by atoms with E-state index in [1.165, 1.54) is 20.3 Å². The summed E-state index contributed by atoms with van der Waals surface area (Å²) >= 11 is 0. The van der Waals surface area contributed by atoms with Crippen LogP contribution in [0.15, 0.2) is 40.4 Å². The Kier molecular flexibility index (Phi) is 5.49. The summed E-state index contributed by atoms with van der Waals surface area (Å²) in [6, 6.07) is 7.73. The quantitative estimate of drug-likeness (QED) is 0.466. The van der Waals surface area contributed by atoms with Gasteiger partial charge in [-0.2, -0.15) is 0 Å². The molecule has 1 aliphatic heterocycles. The molecular formula is C20H18N2O7. The van der Waals surface area contributed by atoms with Gasteiger partial charge in [0.15, 0.2) is 0 Å². The lowest BCUT2D eigenvalue weighted by atomic mass is 10.0. The highest BCUT2D eigenvalue weighted by Crippen LogP contribution is 2.29. The third kappa shape index (κ3) is 3.88. The second-order valence-electron chi connectivity index (χ2n) is 6.13. The van der Waals surface area contributed by atoms with Crippen LogP contribution in [-0.2, 0) is 19.1 Å². The first-order valence-corrected chi connectivity index (χ1v) is 8.55. The summed E-state index contributed by atoms with van der Waals surface area (Å²) < 4.78 is 15.0. The van der Waals surface area contributed by atoms with Crippen molar-refractivity contribution in [3.05, 3.63) is 52.9 Å². The van der Waals surface area contributed by atoms with Crippen molar-refractivity contribution in [1.82, 2.24) is 10.2 Å². The first-order chi connectivity index (χ1) is 13.8. The molecule has 0 bridgehead atoms. The van der Waals surface area contributed by atoms with Crippen molar-refractivity contribution in [1.29, 1.82) is 0 Å². The van der Waals surface area contributed by atoms with E-state index in [-0.39, 0.29) is 5.70 Å². The van der Waals surface area contributed by atoms with Crippen LogP contribution in [0.4, 0.5) is 4.79 Å². The van der Waals surface area contributed by atoms with Crippen LogP contribution in [0.5, 0.6) is 0 Å².